The molecular formula is C13H14N4S. The first-order valence-corrected chi connectivity index (χ1v) is 6.34. The zero-order chi connectivity index (χ0) is 12.4. The SMILES string of the molecule is S=c1nc(NCc2ccccc2)c2c([nH]1)CNC2. The summed E-state index contributed by atoms with van der Waals surface area (Å²) in [4.78, 5) is 7.50. The molecule has 0 unspecified atom stereocenters. The van der Waals surface area contributed by atoms with Crippen LogP contribution in [0.25, 0.3) is 0 Å². The molecule has 0 bridgehead atoms. The van der Waals surface area contributed by atoms with Crippen LogP contribution in [0.5, 0.6) is 0 Å². The van der Waals surface area contributed by atoms with Gasteiger partial charge in [0.25, 0.3) is 0 Å². The maximum atomic E-state index is 5.14. The third kappa shape index (κ3) is 2.27. The number of nitrogens with one attached hydrogen (secondary N) is 3. The van der Waals surface area contributed by atoms with Crippen molar-refractivity contribution in [2.75, 3.05) is 5.32 Å². The molecule has 1 aliphatic rings. The highest BCUT2D eigenvalue weighted by molar-refractivity contribution is 7.71. The summed E-state index contributed by atoms with van der Waals surface area (Å²) in [5.41, 5.74) is 3.57. The topological polar surface area (TPSA) is 52.7 Å². The van der Waals surface area contributed by atoms with Crippen molar-refractivity contribution < 1.29 is 0 Å². The number of aromatic amines is 1. The maximum Gasteiger partial charge on any atom is 0.199 e. The Morgan fingerprint density at radius 2 is 2.06 bits per heavy atom. The average molecular weight is 258 g/mol. The van der Waals surface area contributed by atoms with Crippen LogP contribution < -0.4 is 10.6 Å². The van der Waals surface area contributed by atoms with Gasteiger partial charge in [0, 0.05) is 30.9 Å². The average Bonchev–Trinajstić information content (AvgIpc) is 2.85. The van der Waals surface area contributed by atoms with E-state index in [0.29, 0.717) is 4.77 Å². The van der Waals surface area contributed by atoms with Gasteiger partial charge in [-0.15, -0.1) is 0 Å². The second-order valence-corrected chi connectivity index (χ2v) is 4.68. The lowest BCUT2D eigenvalue weighted by Gasteiger charge is -2.09. The van der Waals surface area contributed by atoms with Gasteiger partial charge in [-0.2, -0.15) is 0 Å². The van der Waals surface area contributed by atoms with Crippen LogP contribution in [-0.2, 0) is 19.6 Å². The molecule has 0 fully saturated rings. The van der Waals surface area contributed by atoms with Crippen LogP contribution in [-0.4, -0.2) is 9.97 Å². The Balaban J connectivity index is 1.83. The fourth-order valence-corrected chi connectivity index (χ4v) is 2.34. The number of benzene rings is 1. The van der Waals surface area contributed by atoms with Gasteiger partial charge in [-0.25, -0.2) is 4.98 Å². The van der Waals surface area contributed by atoms with Gasteiger partial charge in [0.15, 0.2) is 4.77 Å². The van der Waals surface area contributed by atoms with E-state index in [4.69, 9.17) is 12.2 Å². The molecule has 2 aromatic rings. The fraction of sp³-hybridized carbons (Fsp3) is 0.231. The molecule has 2 heterocycles. The first kappa shape index (κ1) is 11.4. The van der Waals surface area contributed by atoms with Crippen LogP contribution in [0.1, 0.15) is 16.8 Å². The molecule has 5 heteroatoms. The van der Waals surface area contributed by atoms with Crippen molar-refractivity contribution in [1.82, 2.24) is 15.3 Å². The molecule has 18 heavy (non-hydrogen) atoms. The lowest BCUT2D eigenvalue weighted by Crippen LogP contribution is -2.06. The van der Waals surface area contributed by atoms with E-state index in [9.17, 15) is 0 Å². The van der Waals surface area contributed by atoms with Crippen LogP contribution in [0.3, 0.4) is 0 Å². The molecule has 3 rings (SSSR count). The summed E-state index contributed by atoms with van der Waals surface area (Å²) < 4.78 is 0.535. The largest absolute Gasteiger partial charge is 0.366 e. The van der Waals surface area contributed by atoms with E-state index in [0.717, 1.165) is 31.1 Å². The summed E-state index contributed by atoms with van der Waals surface area (Å²) >= 11 is 5.14. The van der Waals surface area contributed by atoms with Crippen molar-refractivity contribution in [2.24, 2.45) is 0 Å². The molecule has 3 N–H and O–H groups in total. The normalized spacial score (nSPS) is 13.3. The monoisotopic (exact) mass is 258 g/mol. The zero-order valence-electron chi connectivity index (χ0n) is 9.86. The Morgan fingerprint density at radius 1 is 1.22 bits per heavy atom. The predicted octanol–water partition coefficient (Wildman–Crippen LogP) is 2.35. The van der Waals surface area contributed by atoms with Crippen LogP contribution in [0.4, 0.5) is 5.82 Å². The molecule has 4 nitrogen and oxygen atoms in total. The van der Waals surface area contributed by atoms with Gasteiger partial charge in [-0.05, 0) is 17.8 Å². The minimum Gasteiger partial charge on any atom is -0.366 e. The molecular weight excluding hydrogens is 244 g/mol. The number of hydrogen-bond donors (Lipinski definition) is 3. The van der Waals surface area contributed by atoms with Gasteiger partial charge in [0.2, 0.25) is 0 Å². The molecule has 1 aromatic carbocycles. The van der Waals surface area contributed by atoms with Crippen molar-refractivity contribution in [3.05, 3.63) is 51.9 Å². The van der Waals surface area contributed by atoms with Gasteiger partial charge in [0.05, 0.1) is 0 Å². The zero-order valence-corrected chi connectivity index (χ0v) is 10.7. The summed E-state index contributed by atoms with van der Waals surface area (Å²) in [5, 5.41) is 6.66. The number of anilines is 1. The quantitative estimate of drug-likeness (QED) is 0.740. The van der Waals surface area contributed by atoms with Crippen LogP contribution in [0.15, 0.2) is 30.3 Å². The Labute approximate surface area is 110 Å². The molecule has 0 saturated heterocycles. The predicted molar refractivity (Wildman–Crippen MR) is 73.7 cm³/mol. The van der Waals surface area contributed by atoms with Gasteiger partial charge in [0.1, 0.15) is 5.82 Å². The lowest BCUT2D eigenvalue weighted by atomic mass is 10.2. The van der Waals surface area contributed by atoms with E-state index >= 15 is 0 Å². The van der Waals surface area contributed by atoms with Crippen molar-refractivity contribution in [3.63, 3.8) is 0 Å². The Bertz CT molecular complexity index is 606. The van der Waals surface area contributed by atoms with Crippen molar-refractivity contribution >= 4 is 18.0 Å². The summed E-state index contributed by atoms with van der Waals surface area (Å²) in [5.74, 6) is 0.891. The number of hydrogen-bond acceptors (Lipinski definition) is 4. The van der Waals surface area contributed by atoms with Crippen LogP contribution >= 0.6 is 12.2 Å². The third-order valence-electron chi connectivity index (χ3n) is 3.03. The first-order chi connectivity index (χ1) is 8.83. The number of fused-ring (bicyclic) bond motifs is 1. The molecule has 0 radical (unpaired) electrons. The Kier molecular flexibility index (Phi) is 3.08. The minimum atomic E-state index is 0.535. The van der Waals surface area contributed by atoms with E-state index in [-0.39, 0.29) is 0 Å². The molecule has 0 atom stereocenters. The highest BCUT2D eigenvalue weighted by Gasteiger charge is 2.15. The van der Waals surface area contributed by atoms with E-state index < -0.39 is 0 Å². The van der Waals surface area contributed by atoms with E-state index in [1.165, 1.54) is 11.1 Å². The summed E-state index contributed by atoms with van der Waals surface area (Å²) in [6.45, 7) is 2.44. The van der Waals surface area contributed by atoms with Crippen LogP contribution in [0.2, 0.25) is 0 Å². The van der Waals surface area contributed by atoms with Crippen molar-refractivity contribution in [3.8, 4) is 0 Å². The number of rotatable bonds is 3. The van der Waals surface area contributed by atoms with E-state index in [1.807, 2.05) is 18.2 Å². The second kappa shape index (κ2) is 4.88. The Morgan fingerprint density at radius 3 is 2.89 bits per heavy atom. The molecule has 0 aliphatic carbocycles. The smallest absolute Gasteiger partial charge is 0.199 e. The number of nitrogens with zero attached hydrogens (tertiary/aromatic N) is 1. The van der Waals surface area contributed by atoms with Gasteiger partial charge in [-0.1, -0.05) is 30.3 Å². The highest BCUT2D eigenvalue weighted by Crippen LogP contribution is 2.20. The molecule has 0 amide bonds. The van der Waals surface area contributed by atoms with Crippen LogP contribution in [0, 0.1) is 4.77 Å². The van der Waals surface area contributed by atoms with Gasteiger partial charge in [-0.3, -0.25) is 0 Å². The number of H-pyrrole nitrogens is 1. The maximum absolute atomic E-state index is 5.14. The fourth-order valence-electron chi connectivity index (χ4n) is 2.13. The lowest BCUT2D eigenvalue weighted by molar-refractivity contribution is 0.757. The van der Waals surface area contributed by atoms with Crippen molar-refractivity contribution in [1.29, 1.82) is 0 Å². The summed E-state index contributed by atoms with van der Waals surface area (Å²) in [6, 6.07) is 10.3. The van der Waals surface area contributed by atoms with E-state index in [2.05, 4.69) is 32.7 Å². The van der Waals surface area contributed by atoms with Crippen molar-refractivity contribution in [2.45, 2.75) is 19.6 Å². The number of aromatic nitrogens is 2. The summed E-state index contributed by atoms with van der Waals surface area (Å²) in [7, 11) is 0. The molecule has 0 spiro atoms. The standard InChI is InChI=1S/C13H14N4S/c18-13-16-11-8-14-7-10(11)12(17-13)15-6-9-4-2-1-3-5-9/h1-5,14H,6-8H2,(H2,15,16,17,18). The second-order valence-electron chi connectivity index (χ2n) is 4.29. The highest BCUT2D eigenvalue weighted by atomic mass is 32.1. The molecule has 1 aliphatic heterocycles. The molecule has 0 saturated carbocycles. The van der Waals surface area contributed by atoms with E-state index in [1.54, 1.807) is 0 Å². The Hall–Kier alpha value is -1.72. The molecule has 1 aromatic heterocycles. The third-order valence-corrected chi connectivity index (χ3v) is 3.22. The molecule has 92 valence electrons. The minimum absolute atomic E-state index is 0.535. The van der Waals surface area contributed by atoms with Gasteiger partial charge < -0.3 is 15.6 Å². The summed E-state index contributed by atoms with van der Waals surface area (Å²) in [6.07, 6.45) is 0. The first-order valence-electron chi connectivity index (χ1n) is 5.93. The van der Waals surface area contributed by atoms with Gasteiger partial charge >= 0.3 is 0 Å².